The van der Waals surface area contributed by atoms with E-state index in [-0.39, 0.29) is 18.4 Å². The van der Waals surface area contributed by atoms with E-state index in [9.17, 15) is 9.90 Å². The fourth-order valence-corrected chi connectivity index (χ4v) is 2.35. The maximum absolute atomic E-state index is 12.1. The minimum Gasteiger partial charge on any atom is -0.394 e. The van der Waals surface area contributed by atoms with Gasteiger partial charge in [-0.25, -0.2) is 0 Å². The molecule has 3 N–H and O–H groups in total. The van der Waals surface area contributed by atoms with Crippen molar-refractivity contribution < 1.29 is 9.90 Å². The van der Waals surface area contributed by atoms with E-state index in [0.717, 1.165) is 32.2 Å². The molecule has 1 aliphatic heterocycles. The number of carbonyl (C=O) groups excluding carboxylic acids is 1. The van der Waals surface area contributed by atoms with E-state index in [1.165, 1.54) is 0 Å². The zero-order valence-corrected chi connectivity index (χ0v) is 10.4. The van der Waals surface area contributed by atoms with Crippen LogP contribution in [0.25, 0.3) is 0 Å². The monoisotopic (exact) mass is 228 g/mol. The Morgan fingerprint density at radius 2 is 2.31 bits per heavy atom. The zero-order valence-electron chi connectivity index (χ0n) is 10.4. The van der Waals surface area contributed by atoms with Crippen LogP contribution in [0.3, 0.4) is 0 Å². The van der Waals surface area contributed by atoms with Crippen molar-refractivity contribution in [2.45, 2.75) is 45.1 Å². The zero-order chi connectivity index (χ0) is 12.2. The normalized spacial score (nSPS) is 27.9. The molecule has 1 saturated heterocycles. The smallest absolute Gasteiger partial charge is 0.225 e. The Morgan fingerprint density at radius 1 is 1.62 bits per heavy atom. The van der Waals surface area contributed by atoms with Gasteiger partial charge in [0.15, 0.2) is 0 Å². The van der Waals surface area contributed by atoms with Gasteiger partial charge in [-0.05, 0) is 19.3 Å². The van der Waals surface area contributed by atoms with Crippen LogP contribution in [0.15, 0.2) is 0 Å². The topological polar surface area (TPSA) is 66.6 Å². The fraction of sp³-hybridized carbons (Fsp3) is 0.917. The van der Waals surface area contributed by atoms with Crippen LogP contribution in [0, 0.1) is 5.92 Å². The van der Waals surface area contributed by atoms with Crippen molar-refractivity contribution in [3.63, 3.8) is 0 Å². The molecule has 0 aromatic heterocycles. The lowest BCUT2D eigenvalue weighted by Gasteiger charge is -2.40. The number of rotatable bonds is 4. The number of carbonyl (C=O) groups is 1. The Morgan fingerprint density at radius 3 is 2.88 bits per heavy atom. The Bertz CT molecular complexity index is 245. The summed E-state index contributed by atoms with van der Waals surface area (Å²) >= 11 is 0. The lowest BCUT2D eigenvalue weighted by atomic mass is 9.90. The molecule has 0 aromatic carbocycles. The second kappa shape index (κ2) is 5.64. The third kappa shape index (κ3) is 3.19. The molecule has 4 heteroatoms. The van der Waals surface area contributed by atoms with Crippen LogP contribution >= 0.6 is 0 Å². The summed E-state index contributed by atoms with van der Waals surface area (Å²) in [5, 5.41) is 9.23. The van der Waals surface area contributed by atoms with Gasteiger partial charge < -0.3 is 15.7 Å². The molecule has 0 bridgehead atoms. The van der Waals surface area contributed by atoms with Crippen LogP contribution in [-0.2, 0) is 4.79 Å². The van der Waals surface area contributed by atoms with Crippen molar-refractivity contribution in [2.24, 2.45) is 11.7 Å². The third-order valence-corrected chi connectivity index (χ3v) is 3.38. The van der Waals surface area contributed by atoms with Gasteiger partial charge >= 0.3 is 0 Å². The molecule has 4 nitrogen and oxygen atoms in total. The number of piperidine rings is 1. The number of nitrogens with two attached hydrogens (primary N) is 1. The standard InChI is InChI=1S/C12H24N2O2/c1-3-5-10(2)11(16)14-7-4-6-12(13,8-14)9-15/h10,15H,3-9,13H2,1-2H3. The Kier molecular flexibility index (Phi) is 4.74. The van der Waals surface area contributed by atoms with Crippen LogP contribution < -0.4 is 5.73 Å². The highest BCUT2D eigenvalue weighted by Gasteiger charge is 2.34. The summed E-state index contributed by atoms with van der Waals surface area (Å²) in [5.74, 6) is 0.260. The molecule has 1 aliphatic rings. The molecule has 0 spiro atoms. The van der Waals surface area contributed by atoms with Crippen molar-refractivity contribution in [3.05, 3.63) is 0 Å². The summed E-state index contributed by atoms with van der Waals surface area (Å²) in [6.45, 7) is 5.29. The molecule has 0 aromatic rings. The number of hydrogen-bond acceptors (Lipinski definition) is 3. The van der Waals surface area contributed by atoms with Gasteiger partial charge in [-0.15, -0.1) is 0 Å². The molecule has 2 unspecified atom stereocenters. The molecule has 0 aliphatic carbocycles. The molecule has 0 saturated carbocycles. The summed E-state index contributed by atoms with van der Waals surface area (Å²) in [4.78, 5) is 13.9. The van der Waals surface area contributed by atoms with Crippen LogP contribution in [0.4, 0.5) is 0 Å². The average Bonchev–Trinajstić information content (AvgIpc) is 2.28. The van der Waals surface area contributed by atoms with Crippen LogP contribution in [-0.4, -0.2) is 41.1 Å². The van der Waals surface area contributed by atoms with Crippen molar-refractivity contribution >= 4 is 5.91 Å². The minimum atomic E-state index is -0.583. The number of nitrogens with zero attached hydrogens (tertiary/aromatic N) is 1. The lowest BCUT2D eigenvalue weighted by Crippen LogP contribution is -2.58. The van der Waals surface area contributed by atoms with Gasteiger partial charge in [0.25, 0.3) is 0 Å². The predicted molar refractivity (Wildman–Crippen MR) is 63.9 cm³/mol. The van der Waals surface area contributed by atoms with Crippen molar-refractivity contribution in [2.75, 3.05) is 19.7 Å². The fourth-order valence-electron chi connectivity index (χ4n) is 2.35. The number of amides is 1. The van der Waals surface area contributed by atoms with Gasteiger partial charge in [-0.2, -0.15) is 0 Å². The third-order valence-electron chi connectivity index (χ3n) is 3.38. The lowest BCUT2D eigenvalue weighted by molar-refractivity contribution is -0.137. The van der Waals surface area contributed by atoms with Crippen LogP contribution in [0.5, 0.6) is 0 Å². The van der Waals surface area contributed by atoms with Crippen molar-refractivity contribution in [1.82, 2.24) is 4.90 Å². The molecular weight excluding hydrogens is 204 g/mol. The Balaban J connectivity index is 2.56. The number of aliphatic hydroxyl groups excluding tert-OH is 1. The maximum atomic E-state index is 12.1. The predicted octanol–water partition coefficient (Wildman–Crippen LogP) is 0.735. The quantitative estimate of drug-likeness (QED) is 0.745. The van der Waals surface area contributed by atoms with E-state index < -0.39 is 5.54 Å². The highest BCUT2D eigenvalue weighted by molar-refractivity contribution is 5.78. The van der Waals surface area contributed by atoms with E-state index in [4.69, 9.17) is 5.73 Å². The molecule has 16 heavy (non-hydrogen) atoms. The largest absolute Gasteiger partial charge is 0.394 e. The highest BCUT2D eigenvalue weighted by atomic mass is 16.3. The molecule has 1 heterocycles. The van der Waals surface area contributed by atoms with Gasteiger partial charge in [-0.1, -0.05) is 20.3 Å². The Labute approximate surface area is 97.8 Å². The second-order valence-electron chi connectivity index (χ2n) is 5.07. The van der Waals surface area contributed by atoms with Crippen molar-refractivity contribution in [1.29, 1.82) is 0 Å². The van der Waals surface area contributed by atoms with Gasteiger partial charge in [0.2, 0.25) is 5.91 Å². The van der Waals surface area contributed by atoms with Gasteiger partial charge in [-0.3, -0.25) is 4.79 Å². The first-order chi connectivity index (χ1) is 7.52. The molecule has 2 atom stereocenters. The molecule has 1 amide bonds. The summed E-state index contributed by atoms with van der Waals surface area (Å²) in [5.41, 5.74) is 5.43. The summed E-state index contributed by atoms with van der Waals surface area (Å²) in [7, 11) is 0. The second-order valence-corrected chi connectivity index (χ2v) is 5.07. The molecular formula is C12H24N2O2. The summed E-state index contributed by atoms with van der Waals surface area (Å²) < 4.78 is 0. The summed E-state index contributed by atoms with van der Waals surface area (Å²) in [6, 6.07) is 0. The number of hydrogen-bond donors (Lipinski definition) is 2. The molecule has 94 valence electrons. The maximum Gasteiger partial charge on any atom is 0.225 e. The first-order valence-electron chi connectivity index (χ1n) is 6.21. The molecule has 1 rings (SSSR count). The minimum absolute atomic E-state index is 0.0427. The van der Waals surface area contributed by atoms with Crippen LogP contribution in [0.1, 0.15) is 39.5 Å². The highest BCUT2D eigenvalue weighted by Crippen LogP contribution is 2.21. The first-order valence-corrected chi connectivity index (χ1v) is 6.21. The first kappa shape index (κ1) is 13.5. The summed E-state index contributed by atoms with van der Waals surface area (Å²) in [6.07, 6.45) is 3.64. The van der Waals surface area contributed by atoms with E-state index in [1.54, 1.807) is 0 Å². The van der Waals surface area contributed by atoms with Gasteiger partial charge in [0, 0.05) is 19.0 Å². The number of aliphatic hydroxyl groups is 1. The van der Waals surface area contributed by atoms with E-state index in [1.807, 2.05) is 11.8 Å². The van der Waals surface area contributed by atoms with Gasteiger partial charge in [0.1, 0.15) is 0 Å². The van der Waals surface area contributed by atoms with Crippen molar-refractivity contribution in [3.8, 4) is 0 Å². The van der Waals surface area contributed by atoms with Gasteiger partial charge in [0.05, 0.1) is 12.1 Å². The molecule has 0 radical (unpaired) electrons. The van der Waals surface area contributed by atoms with Crippen LogP contribution in [0.2, 0.25) is 0 Å². The molecule has 1 fully saturated rings. The Hall–Kier alpha value is -0.610. The van der Waals surface area contributed by atoms with E-state index in [0.29, 0.717) is 6.54 Å². The SMILES string of the molecule is CCCC(C)C(=O)N1CCCC(N)(CO)C1. The van der Waals surface area contributed by atoms with E-state index in [2.05, 4.69) is 6.92 Å². The number of likely N-dealkylation sites (tertiary alicyclic amines) is 1. The average molecular weight is 228 g/mol. The van der Waals surface area contributed by atoms with E-state index >= 15 is 0 Å².